The van der Waals surface area contributed by atoms with Gasteiger partial charge in [-0.15, -0.1) is 0 Å². The van der Waals surface area contributed by atoms with Crippen LogP contribution in [-0.2, 0) is 9.16 Å². The van der Waals surface area contributed by atoms with E-state index in [9.17, 15) is 9.90 Å². The van der Waals surface area contributed by atoms with Gasteiger partial charge in [0.1, 0.15) is 5.60 Å². The third-order valence-electron chi connectivity index (χ3n) is 4.63. The van der Waals surface area contributed by atoms with Gasteiger partial charge in [-0.25, -0.2) is 4.79 Å². The predicted molar refractivity (Wildman–Crippen MR) is 108 cm³/mol. The van der Waals surface area contributed by atoms with Crippen LogP contribution in [0.2, 0.25) is 18.1 Å². The van der Waals surface area contributed by atoms with Gasteiger partial charge in [-0.2, -0.15) is 0 Å². The van der Waals surface area contributed by atoms with E-state index in [1.54, 1.807) is 0 Å². The summed E-state index contributed by atoms with van der Waals surface area (Å²) in [6, 6.07) is 9.06. The smallest absolute Gasteiger partial charge is 0.408 e. The normalized spacial score (nSPS) is 15.3. The van der Waals surface area contributed by atoms with Crippen molar-refractivity contribution in [2.45, 2.75) is 77.4 Å². The summed E-state index contributed by atoms with van der Waals surface area (Å²) in [6.07, 6.45) is -1.07. The zero-order valence-corrected chi connectivity index (χ0v) is 18.4. The van der Waals surface area contributed by atoms with Crippen molar-refractivity contribution in [1.82, 2.24) is 5.32 Å². The molecule has 0 aliphatic heterocycles. The highest BCUT2D eigenvalue weighted by Crippen LogP contribution is 2.38. The van der Waals surface area contributed by atoms with Crippen LogP contribution in [0, 0.1) is 0 Å². The lowest BCUT2D eigenvalue weighted by Gasteiger charge is -2.41. The van der Waals surface area contributed by atoms with Crippen LogP contribution < -0.4 is 5.32 Å². The van der Waals surface area contributed by atoms with Crippen LogP contribution in [0.25, 0.3) is 0 Å². The van der Waals surface area contributed by atoms with Gasteiger partial charge >= 0.3 is 6.09 Å². The minimum atomic E-state index is -2.13. The molecule has 0 spiro atoms. The topological polar surface area (TPSA) is 67.8 Å². The number of rotatable bonds is 6. The number of aliphatic hydroxyl groups is 1. The monoisotopic (exact) mass is 381 g/mol. The van der Waals surface area contributed by atoms with Crippen molar-refractivity contribution in [2.75, 3.05) is 6.61 Å². The van der Waals surface area contributed by atoms with Crippen molar-refractivity contribution < 1.29 is 19.1 Å². The molecule has 0 fully saturated rings. The van der Waals surface area contributed by atoms with Crippen LogP contribution in [0.15, 0.2) is 30.3 Å². The number of hydrogen-bond acceptors (Lipinski definition) is 4. The van der Waals surface area contributed by atoms with E-state index in [0.29, 0.717) is 0 Å². The Labute approximate surface area is 159 Å². The molecule has 1 aromatic rings. The molecule has 0 bridgehead atoms. The number of ether oxygens (including phenoxy) is 1. The molecular weight excluding hydrogens is 346 g/mol. The third kappa shape index (κ3) is 6.74. The van der Waals surface area contributed by atoms with E-state index in [1.807, 2.05) is 51.1 Å². The summed E-state index contributed by atoms with van der Waals surface area (Å²) in [5, 5.41) is 12.9. The Morgan fingerprint density at radius 3 is 2.08 bits per heavy atom. The zero-order valence-electron chi connectivity index (χ0n) is 17.4. The number of alkyl carbamates (subject to hydrolysis) is 1. The van der Waals surface area contributed by atoms with Crippen molar-refractivity contribution in [3.63, 3.8) is 0 Å². The van der Waals surface area contributed by atoms with E-state index in [1.165, 1.54) is 0 Å². The van der Waals surface area contributed by atoms with Crippen LogP contribution in [0.1, 0.15) is 53.1 Å². The first-order valence-corrected chi connectivity index (χ1v) is 12.0. The Kier molecular flexibility index (Phi) is 7.45. The van der Waals surface area contributed by atoms with Crippen molar-refractivity contribution in [2.24, 2.45) is 0 Å². The van der Waals surface area contributed by atoms with E-state index in [2.05, 4.69) is 39.2 Å². The van der Waals surface area contributed by atoms with Crippen LogP contribution in [0.4, 0.5) is 4.79 Å². The van der Waals surface area contributed by atoms with E-state index < -0.39 is 32.2 Å². The molecule has 0 radical (unpaired) electrons. The largest absolute Gasteiger partial charge is 0.444 e. The molecular formula is C20H35NO4Si. The average molecular weight is 382 g/mol. The first-order valence-electron chi connectivity index (χ1n) is 9.10. The summed E-state index contributed by atoms with van der Waals surface area (Å²) < 4.78 is 11.8. The number of hydrogen-bond donors (Lipinski definition) is 2. The Morgan fingerprint density at radius 1 is 1.12 bits per heavy atom. The molecule has 1 amide bonds. The molecule has 0 aromatic heterocycles. The molecule has 26 heavy (non-hydrogen) atoms. The first kappa shape index (κ1) is 22.7. The molecule has 1 aromatic carbocycles. The van der Waals surface area contributed by atoms with Gasteiger partial charge in [0, 0.05) is 0 Å². The molecule has 5 nitrogen and oxygen atoms in total. The predicted octanol–water partition coefficient (Wildman–Crippen LogP) is 4.64. The van der Waals surface area contributed by atoms with Gasteiger partial charge in [0.15, 0.2) is 8.32 Å². The Bertz CT molecular complexity index is 576. The molecule has 1 rings (SSSR count). The fourth-order valence-electron chi connectivity index (χ4n) is 2.25. The number of amides is 1. The fourth-order valence-corrected chi connectivity index (χ4v) is 3.57. The highest BCUT2D eigenvalue weighted by atomic mass is 28.4. The Balaban J connectivity index is 3.12. The average Bonchev–Trinajstić information content (AvgIpc) is 2.48. The van der Waals surface area contributed by atoms with Gasteiger partial charge in [-0.1, -0.05) is 51.1 Å². The highest BCUT2D eigenvalue weighted by molar-refractivity contribution is 6.74. The molecule has 2 N–H and O–H groups in total. The van der Waals surface area contributed by atoms with E-state index in [-0.39, 0.29) is 11.6 Å². The summed E-state index contributed by atoms with van der Waals surface area (Å²) in [4.78, 5) is 12.4. The minimum absolute atomic E-state index is 0.00637. The van der Waals surface area contributed by atoms with Gasteiger partial charge in [0.05, 0.1) is 18.8 Å². The number of benzene rings is 1. The molecule has 0 aliphatic carbocycles. The zero-order chi connectivity index (χ0) is 20.2. The summed E-state index contributed by atoms with van der Waals surface area (Å²) in [6.45, 7) is 16.0. The second-order valence-electron chi connectivity index (χ2n) is 9.13. The Hall–Kier alpha value is -1.37. The first-order chi connectivity index (χ1) is 11.8. The second-order valence-corrected chi connectivity index (χ2v) is 13.9. The lowest BCUT2D eigenvalue weighted by molar-refractivity contribution is 0.0347. The second kappa shape index (κ2) is 8.54. The molecule has 0 heterocycles. The van der Waals surface area contributed by atoms with E-state index in [0.717, 1.165) is 5.56 Å². The SMILES string of the molecule is CC(C)(C)OC(=O)N[C@@H](c1ccccc1)[C@H](CO)O[Si](C)(C)C(C)(C)C. The van der Waals surface area contributed by atoms with Gasteiger partial charge in [-0.05, 0) is 44.5 Å². The van der Waals surface area contributed by atoms with Crippen LogP contribution in [0.5, 0.6) is 0 Å². The van der Waals surface area contributed by atoms with E-state index >= 15 is 0 Å². The van der Waals surface area contributed by atoms with Crippen molar-refractivity contribution in [3.8, 4) is 0 Å². The fraction of sp³-hybridized carbons (Fsp3) is 0.650. The molecule has 0 saturated carbocycles. The van der Waals surface area contributed by atoms with Crippen LogP contribution in [0.3, 0.4) is 0 Å². The van der Waals surface area contributed by atoms with Crippen LogP contribution >= 0.6 is 0 Å². The summed E-state index contributed by atoms with van der Waals surface area (Å²) in [5.74, 6) is 0. The minimum Gasteiger partial charge on any atom is -0.444 e. The molecule has 148 valence electrons. The molecule has 6 heteroatoms. The molecule has 0 saturated heterocycles. The molecule has 2 atom stereocenters. The number of carbonyl (C=O) groups is 1. The number of carbonyl (C=O) groups excluding carboxylic acids is 1. The summed E-state index contributed by atoms with van der Waals surface area (Å²) >= 11 is 0. The van der Waals surface area contributed by atoms with Gasteiger partial charge in [0.2, 0.25) is 0 Å². The molecule has 0 unspecified atom stereocenters. The van der Waals surface area contributed by atoms with Crippen LogP contribution in [-0.4, -0.2) is 37.8 Å². The molecule has 0 aliphatic rings. The third-order valence-corrected chi connectivity index (χ3v) is 9.14. The summed E-state index contributed by atoms with van der Waals surface area (Å²) in [5.41, 5.74) is 0.275. The van der Waals surface area contributed by atoms with Crippen molar-refractivity contribution in [3.05, 3.63) is 35.9 Å². The maximum Gasteiger partial charge on any atom is 0.408 e. The lowest BCUT2D eigenvalue weighted by Crippen LogP contribution is -2.50. The Morgan fingerprint density at radius 2 is 1.65 bits per heavy atom. The lowest BCUT2D eigenvalue weighted by atomic mass is 10.0. The number of aliphatic hydroxyl groups excluding tert-OH is 1. The van der Waals surface area contributed by atoms with Crippen molar-refractivity contribution >= 4 is 14.4 Å². The van der Waals surface area contributed by atoms with Gasteiger partial charge in [0.25, 0.3) is 0 Å². The highest BCUT2D eigenvalue weighted by Gasteiger charge is 2.41. The standard InChI is InChI=1S/C20H35NO4Si/c1-19(2,3)24-18(23)21-17(15-12-10-9-11-13-15)16(14-22)25-26(7,8)20(4,5)6/h9-13,16-17,22H,14H2,1-8H3,(H,21,23)/t16-,17-/m0/s1. The maximum atomic E-state index is 12.4. The van der Waals surface area contributed by atoms with Gasteiger partial charge in [-0.3, -0.25) is 0 Å². The quantitative estimate of drug-likeness (QED) is 0.705. The van der Waals surface area contributed by atoms with Crippen molar-refractivity contribution in [1.29, 1.82) is 0 Å². The number of nitrogens with one attached hydrogen (secondary N) is 1. The van der Waals surface area contributed by atoms with E-state index in [4.69, 9.17) is 9.16 Å². The summed E-state index contributed by atoms with van der Waals surface area (Å²) in [7, 11) is -2.13. The maximum absolute atomic E-state index is 12.4. The van der Waals surface area contributed by atoms with Gasteiger partial charge < -0.3 is 19.6 Å².